The number of aromatic nitrogens is 1. The van der Waals surface area contributed by atoms with Gasteiger partial charge in [-0.2, -0.15) is 5.26 Å². The summed E-state index contributed by atoms with van der Waals surface area (Å²) in [7, 11) is 0. The predicted octanol–water partition coefficient (Wildman–Crippen LogP) is 7.79. The second-order valence-corrected chi connectivity index (χ2v) is 10.5. The number of para-hydroxylation sites is 2. The maximum absolute atomic E-state index is 13.7. The van der Waals surface area contributed by atoms with Gasteiger partial charge in [-0.05, 0) is 67.4 Å². The molecule has 0 atom stereocenters. The monoisotopic (exact) mass is 532 g/mol. The highest BCUT2D eigenvalue weighted by Gasteiger charge is 2.18. The molecule has 194 valence electrons. The van der Waals surface area contributed by atoms with E-state index in [2.05, 4.69) is 60.9 Å². The molecule has 6 nitrogen and oxygen atoms in total. The van der Waals surface area contributed by atoms with Crippen LogP contribution in [0.25, 0.3) is 71.4 Å². The van der Waals surface area contributed by atoms with Gasteiger partial charge in [0.25, 0.3) is 0 Å². The number of benzene rings is 5. The molecule has 0 saturated heterocycles. The largest absolute Gasteiger partial charge is 0.456 e. The van der Waals surface area contributed by atoms with E-state index < -0.39 is 0 Å². The highest BCUT2D eigenvalue weighted by atomic mass is 16.3. The maximum Gasteiger partial charge on any atom is 0.200 e. The van der Waals surface area contributed by atoms with E-state index in [9.17, 15) is 14.9 Å². The molecule has 5 aromatic carbocycles. The van der Waals surface area contributed by atoms with Crippen LogP contribution in [-0.2, 0) is 0 Å². The van der Waals surface area contributed by atoms with Crippen molar-refractivity contribution in [2.45, 2.75) is 13.8 Å². The fourth-order valence-electron chi connectivity index (χ4n) is 6.11. The first kappa shape index (κ1) is 23.2. The van der Waals surface area contributed by atoms with Gasteiger partial charge in [-0.25, -0.2) is 0 Å². The predicted molar refractivity (Wildman–Crippen MR) is 162 cm³/mol. The van der Waals surface area contributed by atoms with Gasteiger partial charge in [-0.1, -0.05) is 36.4 Å². The highest BCUT2D eigenvalue weighted by molar-refractivity contribution is 6.11. The van der Waals surface area contributed by atoms with Crippen LogP contribution >= 0.6 is 0 Å². The SMILES string of the molecule is Cc1cccc2c3cccc(C)c3n(-c3ccc4c(=O)c5cc6oc7cc(C#N)ccc7c(=O)c6cc5oc4c3)c12. The van der Waals surface area contributed by atoms with Gasteiger partial charge in [-0.15, -0.1) is 0 Å². The Labute approximate surface area is 231 Å². The minimum absolute atomic E-state index is 0.210. The molecule has 0 amide bonds. The molecule has 0 aliphatic heterocycles. The van der Waals surface area contributed by atoms with Crippen LogP contribution in [0.2, 0.25) is 0 Å². The molecule has 0 aliphatic carbocycles. The minimum atomic E-state index is -0.250. The van der Waals surface area contributed by atoms with Crippen LogP contribution < -0.4 is 10.9 Å². The van der Waals surface area contributed by atoms with E-state index in [0.717, 1.165) is 38.6 Å². The zero-order valence-electron chi connectivity index (χ0n) is 22.1. The summed E-state index contributed by atoms with van der Waals surface area (Å²) < 4.78 is 14.5. The molecule has 0 N–H and O–H groups in total. The van der Waals surface area contributed by atoms with Crippen molar-refractivity contribution in [2.75, 3.05) is 0 Å². The Bertz CT molecular complexity index is 2550. The van der Waals surface area contributed by atoms with Crippen molar-refractivity contribution in [2.24, 2.45) is 0 Å². The quantitative estimate of drug-likeness (QED) is 0.201. The average molecular weight is 533 g/mol. The van der Waals surface area contributed by atoms with Crippen molar-refractivity contribution >= 4 is 65.7 Å². The summed E-state index contributed by atoms with van der Waals surface area (Å²) in [5.41, 5.74) is 6.61. The fourth-order valence-corrected chi connectivity index (χ4v) is 6.11. The van der Waals surface area contributed by atoms with Crippen LogP contribution in [0.4, 0.5) is 0 Å². The molecule has 0 unspecified atom stereocenters. The first-order chi connectivity index (χ1) is 19.9. The number of nitriles is 1. The normalized spacial score (nSPS) is 11.8. The molecule has 0 spiro atoms. The topological polar surface area (TPSA) is 89.1 Å². The third-order valence-electron chi connectivity index (χ3n) is 8.05. The maximum atomic E-state index is 13.7. The summed E-state index contributed by atoms with van der Waals surface area (Å²) in [4.78, 5) is 27.0. The van der Waals surface area contributed by atoms with Crippen molar-refractivity contribution < 1.29 is 8.83 Å². The van der Waals surface area contributed by atoms with Crippen molar-refractivity contribution in [3.05, 3.63) is 122 Å². The van der Waals surface area contributed by atoms with Crippen LogP contribution in [0, 0.1) is 25.2 Å². The van der Waals surface area contributed by atoms with E-state index >= 15 is 0 Å². The summed E-state index contributed by atoms with van der Waals surface area (Å²) in [6.45, 7) is 4.20. The Morgan fingerprint density at radius 3 is 1.66 bits per heavy atom. The fraction of sp³-hybridized carbons (Fsp3) is 0.0571. The lowest BCUT2D eigenvalue weighted by molar-refractivity contribution is 0.652. The summed E-state index contributed by atoms with van der Waals surface area (Å²) in [6, 6.07) is 28.1. The van der Waals surface area contributed by atoms with Gasteiger partial charge < -0.3 is 13.4 Å². The van der Waals surface area contributed by atoms with Crippen molar-refractivity contribution in [1.29, 1.82) is 5.26 Å². The molecule has 8 rings (SSSR count). The third-order valence-corrected chi connectivity index (χ3v) is 8.05. The van der Waals surface area contributed by atoms with E-state index in [0.29, 0.717) is 43.9 Å². The number of aryl methyl sites for hydroxylation is 2. The van der Waals surface area contributed by atoms with Crippen molar-refractivity contribution in [3.8, 4) is 11.8 Å². The van der Waals surface area contributed by atoms with Gasteiger partial charge in [0.05, 0.1) is 44.2 Å². The van der Waals surface area contributed by atoms with Gasteiger partial charge >= 0.3 is 0 Å². The molecule has 0 bridgehead atoms. The molecule has 41 heavy (non-hydrogen) atoms. The van der Waals surface area contributed by atoms with E-state index in [1.165, 1.54) is 6.07 Å². The van der Waals surface area contributed by atoms with E-state index in [-0.39, 0.29) is 16.4 Å². The lowest BCUT2D eigenvalue weighted by atomic mass is 10.1. The molecule has 0 saturated carbocycles. The molecule has 0 radical (unpaired) electrons. The Kier molecular flexibility index (Phi) is 4.63. The third kappa shape index (κ3) is 3.17. The van der Waals surface area contributed by atoms with Crippen molar-refractivity contribution in [3.63, 3.8) is 0 Å². The molecular formula is C35H20N2O4. The van der Waals surface area contributed by atoms with Crippen molar-refractivity contribution in [1.82, 2.24) is 4.57 Å². The summed E-state index contributed by atoms with van der Waals surface area (Å²) in [5.74, 6) is 0. The van der Waals surface area contributed by atoms with E-state index in [1.807, 2.05) is 12.1 Å². The standard InChI is InChI=1S/C35H20N2O4/c1-18-5-3-7-22-23-8-4-6-19(2)33(23)37(32(18)22)21-10-12-25-29(14-21)41-31-16-26-30(15-27(31)35(25)39)40-28-13-20(17-36)9-11-24(28)34(26)38/h3-16H,1-2H3. The minimum Gasteiger partial charge on any atom is -0.456 e. The first-order valence-corrected chi connectivity index (χ1v) is 13.2. The van der Waals surface area contributed by atoms with Gasteiger partial charge in [0.15, 0.2) is 0 Å². The van der Waals surface area contributed by atoms with E-state index in [1.54, 1.807) is 30.3 Å². The molecular weight excluding hydrogens is 512 g/mol. The van der Waals surface area contributed by atoms with Gasteiger partial charge in [0.2, 0.25) is 10.9 Å². The van der Waals surface area contributed by atoms with Gasteiger partial charge in [-0.3, -0.25) is 9.59 Å². The van der Waals surface area contributed by atoms with Crippen LogP contribution in [0.3, 0.4) is 0 Å². The Morgan fingerprint density at radius 2 is 1.10 bits per heavy atom. The average Bonchev–Trinajstić information content (AvgIpc) is 3.33. The molecule has 0 aliphatic rings. The van der Waals surface area contributed by atoms with E-state index in [4.69, 9.17) is 8.83 Å². The number of fused-ring (bicyclic) bond motifs is 7. The molecule has 6 heteroatoms. The highest BCUT2D eigenvalue weighted by Crippen LogP contribution is 2.36. The Morgan fingerprint density at radius 1 is 0.585 bits per heavy atom. The smallest absolute Gasteiger partial charge is 0.200 e. The van der Waals surface area contributed by atoms with Crippen LogP contribution in [0.15, 0.2) is 103 Å². The molecule has 8 aromatic rings. The number of hydrogen-bond acceptors (Lipinski definition) is 5. The zero-order valence-corrected chi connectivity index (χ0v) is 22.1. The van der Waals surface area contributed by atoms with Crippen LogP contribution in [0.1, 0.15) is 16.7 Å². The second-order valence-electron chi connectivity index (χ2n) is 10.5. The lowest BCUT2D eigenvalue weighted by Gasteiger charge is -2.12. The van der Waals surface area contributed by atoms with Gasteiger partial charge in [0.1, 0.15) is 22.3 Å². The number of rotatable bonds is 1. The summed E-state index contributed by atoms with van der Waals surface area (Å²) >= 11 is 0. The summed E-state index contributed by atoms with van der Waals surface area (Å²) in [6.07, 6.45) is 0. The molecule has 3 heterocycles. The second kappa shape index (κ2) is 8.17. The van der Waals surface area contributed by atoms with Crippen LogP contribution in [0.5, 0.6) is 0 Å². The number of nitrogens with zero attached hydrogens (tertiary/aromatic N) is 2. The lowest BCUT2D eigenvalue weighted by Crippen LogP contribution is -2.06. The Balaban J connectivity index is 1.43. The number of hydrogen-bond donors (Lipinski definition) is 0. The van der Waals surface area contributed by atoms with Crippen LogP contribution in [-0.4, -0.2) is 4.57 Å². The Hall–Kier alpha value is -5.67. The molecule has 0 fully saturated rings. The molecule has 3 aromatic heterocycles. The van der Waals surface area contributed by atoms with Gasteiger partial charge in [0, 0.05) is 22.5 Å². The first-order valence-electron chi connectivity index (χ1n) is 13.2. The zero-order chi connectivity index (χ0) is 28.0. The summed E-state index contributed by atoms with van der Waals surface area (Å²) in [5, 5.41) is 13.0.